The Morgan fingerprint density at radius 2 is 2.21 bits per heavy atom. The van der Waals surface area contributed by atoms with Gasteiger partial charge in [0.25, 0.3) is 0 Å². The maximum Gasteiger partial charge on any atom is 0.225 e. The van der Waals surface area contributed by atoms with Crippen molar-refractivity contribution in [3.8, 4) is 0 Å². The van der Waals surface area contributed by atoms with Gasteiger partial charge in [-0.3, -0.25) is 4.79 Å². The monoisotopic (exact) mass is 276 g/mol. The van der Waals surface area contributed by atoms with E-state index in [2.05, 4.69) is 41.8 Å². The Balaban J connectivity index is 1.72. The molecule has 3 nitrogen and oxygen atoms in total. The van der Waals surface area contributed by atoms with Crippen LogP contribution in [0.4, 0.5) is 0 Å². The van der Waals surface area contributed by atoms with Crippen LogP contribution in [0.3, 0.4) is 0 Å². The normalized spacial score (nSPS) is 29.8. The zero-order valence-electron chi connectivity index (χ0n) is 11.2. The van der Waals surface area contributed by atoms with E-state index in [1.165, 1.54) is 10.5 Å². The Morgan fingerprint density at radius 1 is 1.37 bits per heavy atom. The average molecular weight is 276 g/mol. The van der Waals surface area contributed by atoms with Gasteiger partial charge in [-0.25, -0.2) is 0 Å². The number of hydrogen-bond acceptors (Lipinski definition) is 3. The molecule has 1 amide bonds. The number of benzene rings is 1. The van der Waals surface area contributed by atoms with Crippen LogP contribution in [0.1, 0.15) is 31.4 Å². The number of amides is 1. The van der Waals surface area contributed by atoms with E-state index in [1.807, 2.05) is 11.8 Å². The molecule has 0 aromatic heterocycles. The van der Waals surface area contributed by atoms with Gasteiger partial charge in [-0.05, 0) is 37.9 Å². The van der Waals surface area contributed by atoms with E-state index < -0.39 is 0 Å². The van der Waals surface area contributed by atoms with Gasteiger partial charge in [0.1, 0.15) is 0 Å². The molecule has 102 valence electrons. The molecule has 1 aromatic rings. The van der Waals surface area contributed by atoms with E-state index in [0.29, 0.717) is 6.04 Å². The molecule has 1 fully saturated rings. The van der Waals surface area contributed by atoms with Crippen LogP contribution in [0.5, 0.6) is 0 Å². The maximum atomic E-state index is 12.4. The number of thioether (sulfide) groups is 1. The van der Waals surface area contributed by atoms with E-state index in [1.54, 1.807) is 0 Å². The zero-order chi connectivity index (χ0) is 13.2. The van der Waals surface area contributed by atoms with Crippen LogP contribution in [0, 0.1) is 5.92 Å². The van der Waals surface area contributed by atoms with Crippen molar-refractivity contribution in [1.82, 2.24) is 10.6 Å². The van der Waals surface area contributed by atoms with E-state index in [-0.39, 0.29) is 17.9 Å². The average Bonchev–Trinajstić information content (AvgIpc) is 2.85. The predicted molar refractivity (Wildman–Crippen MR) is 78.2 cm³/mol. The highest BCUT2D eigenvalue weighted by molar-refractivity contribution is 7.99. The lowest BCUT2D eigenvalue weighted by molar-refractivity contribution is -0.125. The fraction of sp³-hybridized carbons (Fsp3) is 0.533. The lowest BCUT2D eigenvalue weighted by atomic mass is 9.98. The van der Waals surface area contributed by atoms with Crippen molar-refractivity contribution in [2.45, 2.75) is 36.7 Å². The molecule has 2 aliphatic heterocycles. The number of carbonyl (C=O) groups is 1. The molecule has 0 aliphatic carbocycles. The van der Waals surface area contributed by atoms with Crippen molar-refractivity contribution in [2.75, 3.05) is 12.3 Å². The summed E-state index contributed by atoms with van der Waals surface area (Å²) in [4.78, 5) is 13.7. The van der Waals surface area contributed by atoms with Gasteiger partial charge in [0.2, 0.25) is 5.91 Å². The summed E-state index contributed by atoms with van der Waals surface area (Å²) in [7, 11) is 0. The Bertz CT molecular complexity index is 477. The molecule has 1 saturated heterocycles. The third kappa shape index (κ3) is 2.65. The molecule has 0 spiro atoms. The van der Waals surface area contributed by atoms with Gasteiger partial charge >= 0.3 is 0 Å². The highest BCUT2D eigenvalue weighted by atomic mass is 32.2. The minimum Gasteiger partial charge on any atom is -0.349 e. The van der Waals surface area contributed by atoms with Crippen LogP contribution >= 0.6 is 11.8 Å². The van der Waals surface area contributed by atoms with Crippen LogP contribution < -0.4 is 10.6 Å². The van der Waals surface area contributed by atoms with Gasteiger partial charge in [-0.1, -0.05) is 18.2 Å². The molecule has 19 heavy (non-hydrogen) atoms. The van der Waals surface area contributed by atoms with Gasteiger partial charge in [-0.2, -0.15) is 0 Å². The van der Waals surface area contributed by atoms with Crippen molar-refractivity contribution < 1.29 is 4.79 Å². The summed E-state index contributed by atoms with van der Waals surface area (Å²) in [5.41, 5.74) is 1.28. The standard InChI is InChI=1S/C15H20N2OS/c1-10-11(6-8-16-10)15(18)17-13-7-9-19-14-5-3-2-4-12(13)14/h2-5,10-11,13,16H,6-9H2,1H3,(H,17,18). The summed E-state index contributed by atoms with van der Waals surface area (Å²) < 4.78 is 0. The van der Waals surface area contributed by atoms with Crippen molar-refractivity contribution in [1.29, 1.82) is 0 Å². The van der Waals surface area contributed by atoms with Gasteiger partial charge in [0, 0.05) is 16.7 Å². The summed E-state index contributed by atoms with van der Waals surface area (Å²) in [5.74, 6) is 1.42. The third-order valence-electron chi connectivity index (χ3n) is 4.14. The van der Waals surface area contributed by atoms with E-state index in [0.717, 1.165) is 25.1 Å². The largest absolute Gasteiger partial charge is 0.349 e. The second-order valence-electron chi connectivity index (χ2n) is 5.37. The number of carbonyl (C=O) groups excluding carboxylic acids is 1. The topological polar surface area (TPSA) is 41.1 Å². The first-order chi connectivity index (χ1) is 9.25. The van der Waals surface area contributed by atoms with Crippen molar-refractivity contribution in [3.63, 3.8) is 0 Å². The second kappa shape index (κ2) is 5.55. The molecule has 0 saturated carbocycles. The van der Waals surface area contributed by atoms with Crippen LogP contribution in [-0.4, -0.2) is 24.2 Å². The minimum absolute atomic E-state index is 0.127. The molecular weight excluding hydrogens is 256 g/mol. The molecule has 4 heteroatoms. The quantitative estimate of drug-likeness (QED) is 0.871. The predicted octanol–water partition coefficient (Wildman–Crippen LogP) is 2.34. The van der Waals surface area contributed by atoms with Gasteiger partial charge in [0.15, 0.2) is 0 Å². The van der Waals surface area contributed by atoms with Crippen LogP contribution in [-0.2, 0) is 4.79 Å². The summed E-state index contributed by atoms with van der Waals surface area (Å²) in [5, 5.41) is 6.60. The van der Waals surface area contributed by atoms with Crippen LogP contribution in [0.15, 0.2) is 29.2 Å². The van der Waals surface area contributed by atoms with Crippen molar-refractivity contribution >= 4 is 17.7 Å². The van der Waals surface area contributed by atoms with Gasteiger partial charge in [0.05, 0.1) is 12.0 Å². The highest BCUT2D eigenvalue weighted by Gasteiger charge is 2.31. The smallest absolute Gasteiger partial charge is 0.225 e. The number of hydrogen-bond donors (Lipinski definition) is 2. The fourth-order valence-corrected chi connectivity index (χ4v) is 4.11. The van der Waals surface area contributed by atoms with Gasteiger partial charge < -0.3 is 10.6 Å². The fourth-order valence-electron chi connectivity index (χ4n) is 2.99. The van der Waals surface area contributed by atoms with Crippen LogP contribution in [0.25, 0.3) is 0 Å². The van der Waals surface area contributed by atoms with Crippen molar-refractivity contribution in [2.24, 2.45) is 5.92 Å². The molecule has 3 rings (SSSR count). The number of fused-ring (bicyclic) bond motifs is 1. The highest BCUT2D eigenvalue weighted by Crippen LogP contribution is 2.36. The molecule has 2 N–H and O–H groups in total. The first-order valence-corrected chi connectivity index (χ1v) is 8.00. The Morgan fingerprint density at radius 3 is 3.00 bits per heavy atom. The molecule has 1 aromatic carbocycles. The summed E-state index contributed by atoms with van der Waals surface area (Å²) in [6.07, 6.45) is 1.98. The van der Waals surface area contributed by atoms with Gasteiger partial charge in [-0.15, -0.1) is 11.8 Å². The number of rotatable bonds is 2. The molecule has 2 aliphatic rings. The summed E-state index contributed by atoms with van der Waals surface area (Å²) >= 11 is 1.89. The second-order valence-corrected chi connectivity index (χ2v) is 6.51. The maximum absolute atomic E-state index is 12.4. The van der Waals surface area contributed by atoms with Crippen LogP contribution in [0.2, 0.25) is 0 Å². The summed E-state index contributed by atoms with van der Waals surface area (Å²) in [6, 6.07) is 8.91. The molecule has 2 heterocycles. The van der Waals surface area contributed by atoms with E-state index >= 15 is 0 Å². The Labute approximate surface area is 118 Å². The number of nitrogens with one attached hydrogen (secondary N) is 2. The lowest BCUT2D eigenvalue weighted by Crippen LogP contribution is -2.39. The molecule has 0 bridgehead atoms. The summed E-state index contributed by atoms with van der Waals surface area (Å²) in [6.45, 7) is 3.05. The molecule has 3 atom stereocenters. The minimum atomic E-state index is 0.127. The van der Waals surface area contributed by atoms with E-state index in [4.69, 9.17) is 0 Å². The first-order valence-electron chi connectivity index (χ1n) is 7.01. The Hall–Kier alpha value is -1.00. The zero-order valence-corrected chi connectivity index (χ0v) is 12.0. The first kappa shape index (κ1) is 13.0. The SMILES string of the molecule is CC1NCCC1C(=O)NC1CCSc2ccccc21. The van der Waals surface area contributed by atoms with E-state index in [9.17, 15) is 4.79 Å². The molecule has 0 radical (unpaired) electrons. The van der Waals surface area contributed by atoms with Crippen molar-refractivity contribution in [3.05, 3.63) is 29.8 Å². The lowest BCUT2D eigenvalue weighted by Gasteiger charge is -2.27. The third-order valence-corrected chi connectivity index (χ3v) is 5.26. The Kier molecular flexibility index (Phi) is 3.80. The molecule has 3 unspecified atom stereocenters. The molecular formula is C15H20N2OS.